The number of hydrogen-bond donors (Lipinski definition) is 0. The molecule has 0 radical (unpaired) electrons. The zero-order valence-electron chi connectivity index (χ0n) is 4.63. The summed E-state index contributed by atoms with van der Waals surface area (Å²) in [6, 6.07) is 0. The lowest BCUT2D eigenvalue weighted by molar-refractivity contribution is -0.134. The molecule has 0 bridgehead atoms. The van der Waals surface area contributed by atoms with E-state index in [1.807, 2.05) is 0 Å². The molecule has 0 saturated heterocycles. The molecule has 1 heterocycles. The van der Waals surface area contributed by atoms with Crippen LogP contribution in [-0.4, -0.2) is 24.4 Å². The van der Waals surface area contributed by atoms with E-state index in [1.165, 1.54) is 17.4 Å². The van der Waals surface area contributed by atoms with Crippen LogP contribution >= 0.6 is 0 Å². The van der Waals surface area contributed by atoms with E-state index in [0.717, 1.165) is 0 Å². The van der Waals surface area contributed by atoms with E-state index in [2.05, 4.69) is 0 Å². The normalized spacial score (nSPS) is 20.9. The van der Waals surface area contributed by atoms with E-state index < -0.39 is 0 Å². The first-order valence-electron chi connectivity index (χ1n) is 2.36. The van der Waals surface area contributed by atoms with Crippen molar-refractivity contribution in [1.82, 2.24) is 5.06 Å². The van der Waals surface area contributed by atoms with Gasteiger partial charge in [-0.2, -0.15) is 0 Å². The summed E-state index contributed by atoms with van der Waals surface area (Å²) in [4.78, 5) is 15.2. The molecule has 1 aliphatic heterocycles. The molecule has 0 aromatic heterocycles. The molecule has 0 saturated carbocycles. The first-order chi connectivity index (χ1) is 3.79. The maximum atomic E-state index is 10.5. The maximum absolute atomic E-state index is 10.5. The second-order valence-electron chi connectivity index (χ2n) is 1.66. The standard InChI is InChI=1S/C5H7NO2/c1-6-4-5(7)2-3-8-6/h2-3H,4H2,1H3. The van der Waals surface area contributed by atoms with Crippen molar-refractivity contribution in [1.29, 1.82) is 0 Å². The summed E-state index contributed by atoms with van der Waals surface area (Å²) in [5, 5.41) is 1.47. The van der Waals surface area contributed by atoms with Gasteiger partial charge in [0.25, 0.3) is 0 Å². The predicted octanol–water partition coefficient (Wildman–Crippen LogP) is -0.0538. The van der Waals surface area contributed by atoms with Crippen molar-refractivity contribution in [2.45, 2.75) is 0 Å². The molecule has 44 valence electrons. The van der Waals surface area contributed by atoms with Gasteiger partial charge in [0, 0.05) is 13.1 Å². The Morgan fingerprint density at radius 1 is 1.88 bits per heavy atom. The van der Waals surface area contributed by atoms with Crippen LogP contribution in [0, 0.1) is 0 Å². The van der Waals surface area contributed by atoms with Crippen molar-refractivity contribution in [3.8, 4) is 0 Å². The molecule has 0 atom stereocenters. The quantitative estimate of drug-likeness (QED) is 0.441. The molecule has 0 aromatic rings. The van der Waals surface area contributed by atoms with Gasteiger partial charge in [-0.15, -0.1) is 5.06 Å². The Labute approximate surface area is 47.5 Å². The van der Waals surface area contributed by atoms with Crippen LogP contribution in [0.2, 0.25) is 0 Å². The summed E-state index contributed by atoms with van der Waals surface area (Å²) in [5.74, 6) is 0.0822. The smallest absolute Gasteiger partial charge is 0.176 e. The highest BCUT2D eigenvalue weighted by Crippen LogP contribution is 1.94. The molecular formula is C5H7NO2. The van der Waals surface area contributed by atoms with Crippen molar-refractivity contribution in [3.05, 3.63) is 12.3 Å². The van der Waals surface area contributed by atoms with E-state index in [0.29, 0.717) is 6.54 Å². The summed E-state index contributed by atoms with van der Waals surface area (Å²) >= 11 is 0. The van der Waals surface area contributed by atoms with Gasteiger partial charge in [-0.3, -0.25) is 4.79 Å². The van der Waals surface area contributed by atoms with Crippen LogP contribution in [0.5, 0.6) is 0 Å². The fourth-order valence-corrected chi connectivity index (χ4v) is 0.520. The van der Waals surface area contributed by atoms with Gasteiger partial charge in [-0.1, -0.05) is 0 Å². The summed E-state index contributed by atoms with van der Waals surface area (Å²) in [7, 11) is 1.71. The molecule has 1 aliphatic rings. The number of rotatable bonds is 0. The molecule has 0 fully saturated rings. The number of ketones is 1. The molecule has 0 spiro atoms. The molecule has 3 heteroatoms. The highest BCUT2D eigenvalue weighted by molar-refractivity contribution is 5.91. The van der Waals surface area contributed by atoms with Crippen LogP contribution in [0.1, 0.15) is 0 Å². The van der Waals surface area contributed by atoms with E-state index >= 15 is 0 Å². The Hall–Kier alpha value is -0.830. The lowest BCUT2D eigenvalue weighted by Crippen LogP contribution is -2.26. The summed E-state index contributed by atoms with van der Waals surface area (Å²) < 4.78 is 0. The van der Waals surface area contributed by atoms with Crippen molar-refractivity contribution >= 4 is 5.78 Å². The summed E-state index contributed by atoms with van der Waals surface area (Å²) in [5.41, 5.74) is 0. The number of hydrogen-bond acceptors (Lipinski definition) is 3. The SMILES string of the molecule is CN1CC(=O)C=CO1. The largest absolute Gasteiger partial charge is 0.413 e. The van der Waals surface area contributed by atoms with Gasteiger partial charge in [-0.25, -0.2) is 0 Å². The summed E-state index contributed by atoms with van der Waals surface area (Å²) in [6.07, 6.45) is 2.80. The van der Waals surface area contributed by atoms with Gasteiger partial charge in [0.1, 0.15) is 6.26 Å². The van der Waals surface area contributed by atoms with Crippen molar-refractivity contribution < 1.29 is 9.63 Å². The van der Waals surface area contributed by atoms with E-state index in [1.54, 1.807) is 7.05 Å². The van der Waals surface area contributed by atoms with Gasteiger partial charge in [0.05, 0.1) is 6.54 Å². The zero-order valence-corrected chi connectivity index (χ0v) is 4.63. The predicted molar refractivity (Wildman–Crippen MR) is 27.9 cm³/mol. The van der Waals surface area contributed by atoms with E-state index in [9.17, 15) is 4.79 Å². The lowest BCUT2D eigenvalue weighted by atomic mass is 10.4. The highest BCUT2D eigenvalue weighted by Gasteiger charge is 2.06. The minimum Gasteiger partial charge on any atom is -0.413 e. The van der Waals surface area contributed by atoms with Gasteiger partial charge in [-0.05, 0) is 0 Å². The average Bonchev–Trinajstić information content (AvgIpc) is 1.64. The first-order valence-corrected chi connectivity index (χ1v) is 2.36. The van der Waals surface area contributed by atoms with Crippen molar-refractivity contribution in [3.63, 3.8) is 0 Å². The Bertz CT molecular complexity index is 130. The third kappa shape index (κ3) is 1.07. The Kier molecular flexibility index (Phi) is 1.30. The highest BCUT2D eigenvalue weighted by atomic mass is 16.7. The van der Waals surface area contributed by atoms with Crippen molar-refractivity contribution in [2.24, 2.45) is 0 Å². The lowest BCUT2D eigenvalue weighted by Gasteiger charge is -2.15. The molecule has 0 aromatic carbocycles. The minimum absolute atomic E-state index is 0.0822. The van der Waals surface area contributed by atoms with Crippen molar-refractivity contribution in [2.75, 3.05) is 13.6 Å². The molecular weight excluding hydrogens is 106 g/mol. The van der Waals surface area contributed by atoms with Crippen LogP contribution in [-0.2, 0) is 9.63 Å². The number of carbonyl (C=O) groups is 1. The Morgan fingerprint density at radius 2 is 2.62 bits per heavy atom. The number of likely N-dealkylation sites (N-methyl/N-ethyl adjacent to an activating group) is 1. The second kappa shape index (κ2) is 1.96. The Morgan fingerprint density at radius 3 is 3.00 bits per heavy atom. The van der Waals surface area contributed by atoms with Crippen LogP contribution < -0.4 is 0 Å². The third-order valence-corrected chi connectivity index (χ3v) is 0.873. The second-order valence-corrected chi connectivity index (χ2v) is 1.66. The minimum atomic E-state index is 0.0822. The Balaban J connectivity index is 2.54. The van der Waals surface area contributed by atoms with Crippen LogP contribution in [0.4, 0.5) is 0 Å². The fourth-order valence-electron chi connectivity index (χ4n) is 0.520. The molecule has 8 heavy (non-hydrogen) atoms. The van der Waals surface area contributed by atoms with Gasteiger partial charge in [0.2, 0.25) is 0 Å². The van der Waals surface area contributed by atoms with Crippen LogP contribution in [0.15, 0.2) is 12.3 Å². The zero-order chi connectivity index (χ0) is 5.98. The molecule has 0 unspecified atom stereocenters. The monoisotopic (exact) mass is 113 g/mol. The van der Waals surface area contributed by atoms with E-state index in [-0.39, 0.29) is 5.78 Å². The summed E-state index contributed by atoms with van der Waals surface area (Å²) in [6.45, 7) is 0.358. The molecule has 3 nitrogen and oxygen atoms in total. The van der Waals surface area contributed by atoms with Gasteiger partial charge in [0.15, 0.2) is 5.78 Å². The van der Waals surface area contributed by atoms with Crippen LogP contribution in [0.25, 0.3) is 0 Å². The maximum Gasteiger partial charge on any atom is 0.176 e. The average molecular weight is 113 g/mol. The number of hydroxylamine groups is 2. The molecule has 1 rings (SSSR count). The fraction of sp³-hybridized carbons (Fsp3) is 0.400. The third-order valence-electron chi connectivity index (χ3n) is 0.873. The van der Waals surface area contributed by atoms with Crippen LogP contribution in [0.3, 0.4) is 0 Å². The number of carbonyl (C=O) groups excluding carboxylic acids is 1. The van der Waals surface area contributed by atoms with Gasteiger partial charge >= 0.3 is 0 Å². The van der Waals surface area contributed by atoms with Gasteiger partial charge < -0.3 is 4.84 Å². The topological polar surface area (TPSA) is 29.5 Å². The molecule has 0 N–H and O–H groups in total. The van der Waals surface area contributed by atoms with E-state index in [4.69, 9.17) is 4.84 Å². The first kappa shape index (κ1) is 5.31. The molecule has 0 amide bonds. The number of nitrogens with zero attached hydrogens (tertiary/aromatic N) is 1. The molecule has 0 aliphatic carbocycles.